The van der Waals surface area contributed by atoms with E-state index >= 15 is 0 Å². The fourth-order valence-electron chi connectivity index (χ4n) is 1.75. The predicted octanol–water partition coefficient (Wildman–Crippen LogP) is 5.29. The molecule has 0 aromatic heterocycles. The summed E-state index contributed by atoms with van der Waals surface area (Å²) >= 11 is 3.27. The van der Waals surface area contributed by atoms with Crippen LogP contribution in [-0.2, 0) is 6.18 Å². The van der Waals surface area contributed by atoms with Gasteiger partial charge in [-0.1, -0.05) is 36.7 Å². The summed E-state index contributed by atoms with van der Waals surface area (Å²) in [6.07, 6.45) is -2.82. The summed E-state index contributed by atoms with van der Waals surface area (Å²) in [5.41, 5.74) is 5.99. The first kappa shape index (κ1) is 16.5. The zero-order chi connectivity index (χ0) is 14.8. The largest absolute Gasteiger partial charge is 0.416 e. The SMILES string of the molecule is CC(C)(C)CCC(N)c1cc(C(F)(F)F)ccc1Br. The van der Waals surface area contributed by atoms with Gasteiger partial charge in [0.1, 0.15) is 0 Å². The Hall–Kier alpha value is -0.550. The molecule has 0 fully saturated rings. The molecule has 1 unspecified atom stereocenters. The van der Waals surface area contributed by atoms with Crippen LogP contribution in [-0.4, -0.2) is 0 Å². The Labute approximate surface area is 120 Å². The molecular formula is C14H19BrF3N. The third kappa shape index (κ3) is 5.15. The predicted molar refractivity (Wildman–Crippen MR) is 74.8 cm³/mol. The highest BCUT2D eigenvalue weighted by atomic mass is 79.9. The van der Waals surface area contributed by atoms with Crippen LogP contribution in [0.15, 0.2) is 22.7 Å². The first-order valence-electron chi connectivity index (χ1n) is 6.13. The zero-order valence-corrected chi connectivity index (χ0v) is 12.9. The van der Waals surface area contributed by atoms with Gasteiger partial charge in [-0.25, -0.2) is 0 Å². The van der Waals surface area contributed by atoms with E-state index in [1.165, 1.54) is 6.07 Å². The monoisotopic (exact) mass is 337 g/mol. The van der Waals surface area contributed by atoms with Gasteiger partial charge >= 0.3 is 6.18 Å². The molecule has 5 heteroatoms. The van der Waals surface area contributed by atoms with Crippen LogP contribution in [0.2, 0.25) is 0 Å². The van der Waals surface area contributed by atoms with Crippen molar-refractivity contribution in [3.8, 4) is 0 Å². The fraction of sp³-hybridized carbons (Fsp3) is 0.571. The molecule has 1 aromatic carbocycles. The van der Waals surface area contributed by atoms with Crippen molar-refractivity contribution in [3.05, 3.63) is 33.8 Å². The van der Waals surface area contributed by atoms with Crippen molar-refractivity contribution in [2.24, 2.45) is 11.1 Å². The molecule has 1 nitrogen and oxygen atoms in total. The molecule has 108 valence electrons. The minimum Gasteiger partial charge on any atom is -0.324 e. The number of benzene rings is 1. The standard InChI is InChI=1S/C14H19BrF3N/c1-13(2,3)7-6-12(19)10-8-9(14(16,17)18)4-5-11(10)15/h4-5,8,12H,6-7,19H2,1-3H3. The minimum absolute atomic E-state index is 0.117. The normalized spacial score (nSPS) is 14.5. The molecule has 19 heavy (non-hydrogen) atoms. The first-order chi connectivity index (χ1) is 8.50. The Morgan fingerprint density at radius 1 is 1.21 bits per heavy atom. The lowest BCUT2D eigenvalue weighted by Gasteiger charge is -2.22. The summed E-state index contributed by atoms with van der Waals surface area (Å²) in [7, 11) is 0. The van der Waals surface area contributed by atoms with E-state index in [9.17, 15) is 13.2 Å². The topological polar surface area (TPSA) is 26.0 Å². The fourth-order valence-corrected chi connectivity index (χ4v) is 2.29. The highest BCUT2D eigenvalue weighted by Crippen LogP contribution is 2.35. The third-order valence-corrected chi connectivity index (χ3v) is 3.65. The van der Waals surface area contributed by atoms with Crippen molar-refractivity contribution in [2.75, 3.05) is 0 Å². The molecule has 0 aliphatic heterocycles. The maximum atomic E-state index is 12.7. The second-order valence-corrected chi connectivity index (χ2v) is 6.79. The van der Waals surface area contributed by atoms with E-state index in [1.54, 1.807) is 0 Å². The van der Waals surface area contributed by atoms with Crippen LogP contribution in [0.4, 0.5) is 13.2 Å². The quantitative estimate of drug-likeness (QED) is 0.796. The molecular weight excluding hydrogens is 319 g/mol. The number of halogens is 4. The maximum Gasteiger partial charge on any atom is 0.416 e. The van der Waals surface area contributed by atoms with Gasteiger partial charge in [0.2, 0.25) is 0 Å². The van der Waals surface area contributed by atoms with Gasteiger partial charge in [0.15, 0.2) is 0 Å². The molecule has 2 N–H and O–H groups in total. The van der Waals surface area contributed by atoms with Gasteiger partial charge in [0.05, 0.1) is 5.56 Å². The van der Waals surface area contributed by atoms with Gasteiger partial charge in [-0.3, -0.25) is 0 Å². The van der Waals surface area contributed by atoms with E-state index in [0.29, 0.717) is 16.5 Å². The smallest absolute Gasteiger partial charge is 0.324 e. The summed E-state index contributed by atoms with van der Waals surface area (Å²) in [6.45, 7) is 6.25. The zero-order valence-electron chi connectivity index (χ0n) is 11.3. The van der Waals surface area contributed by atoms with Crippen LogP contribution in [0.5, 0.6) is 0 Å². The average Bonchev–Trinajstić information content (AvgIpc) is 2.24. The van der Waals surface area contributed by atoms with Crippen LogP contribution < -0.4 is 5.73 Å². The van der Waals surface area contributed by atoms with E-state index in [4.69, 9.17) is 5.73 Å². The van der Waals surface area contributed by atoms with E-state index in [0.717, 1.165) is 18.6 Å². The van der Waals surface area contributed by atoms with Gasteiger partial charge in [-0.05, 0) is 42.0 Å². The molecule has 0 aliphatic rings. The molecule has 0 bridgehead atoms. The second kappa shape index (κ2) is 5.83. The summed E-state index contributed by atoms with van der Waals surface area (Å²) in [5.74, 6) is 0. The molecule has 0 radical (unpaired) electrons. The van der Waals surface area contributed by atoms with Gasteiger partial charge in [-0.15, -0.1) is 0 Å². The minimum atomic E-state index is -4.33. The summed E-state index contributed by atoms with van der Waals surface area (Å²) in [5, 5.41) is 0. The van der Waals surface area contributed by atoms with Crippen molar-refractivity contribution in [3.63, 3.8) is 0 Å². The van der Waals surface area contributed by atoms with E-state index < -0.39 is 17.8 Å². The number of alkyl halides is 3. The second-order valence-electron chi connectivity index (χ2n) is 5.94. The van der Waals surface area contributed by atoms with Crippen LogP contribution >= 0.6 is 15.9 Å². The van der Waals surface area contributed by atoms with Crippen LogP contribution in [0.1, 0.15) is 50.8 Å². The Bertz CT molecular complexity index is 435. The van der Waals surface area contributed by atoms with E-state index in [1.807, 2.05) is 0 Å². The molecule has 0 spiro atoms. The number of hydrogen-bond donors (Lipinski definition) is 1. The summed E-state index contributed by atoms with van der Waals surface area (Å²) < 4.78 is 38.7. The third-order valence-electron chi connectivity index (χ3n) is 2.93. The van der Waals surface area contributed by atoms with Crippen LogP contribution in [0, 0.1) is 5.41 Å². The Balaban J connectivity index is 2.93. The number of nitrogens with two attached hydrogens (primary N) is 1. The molecule has 0 heterocycles. The first-order valence-corrected chi connectivity index (χ1v) is 6.92. The van der Waals surface area contributed by atoms with Crippen molar-refractivity contribution in [2.45, 2.75) is 45.8 Å². The lowest BCUT2D eigenvalue weighted by Crippen LogP contribution is -2.16. The van der Waals surface area contributed by atoms with Gasteiger partial charge in [0.25, 0.3) is 0 Å². The molecule has 0 aliphatic carbocycles. The summed E-state index contributed by atoms with van der Waals surface area (Å²) in [6, 6.07) is 3.22. The Morgan fingerprint density at radius 3 is 2.26 bits per heavy atom. The van der Waals surface area contributed by atoms with E-state index in [-0.39, 0.29) is 5.41 Å². The molecule has 0 amide bonds. The van der Waals surface area contributed by atoms with Crippen LogP contribution in [0.25, 0.3) is 0 Å². The number of rotatable bonds is 3. The highest BCUT2D eigenvalue weighted by Gasteiger charge is 2.31. The molecule has 1 aromatic rings. The van der Waals surface area contributed by atoms with Crippen molar-refractivity contribution in [1.82, 2.24) is 0 Å². The van der Waals surface area contributed by atoms with E-state index in [2.05, 4.69) is 36.7 Å². The molecule has 1 rings (SSSR count). The van der Waals surface area contributed by atoms with Crippen LogP contribution in [0.3, 0.4) is 0 Å². The molecule has 0 saturated carbocycles. The Morgan fingerprint density at radius 2 is 1.79 bits per heavy atom. The Kier molecular flexibility index (Phi) is 5.07. The summed E-state index contributed by atoms with van der Waals surface area (Å²) in [4.78, 5) is 0. The van der Waals surface area contributed by atoms with Crippen molar-refractivity contribution >= 4 is 15.9 Å². The van der Waals surface area contributed by atoms with Crippen molar-refractivity contribution in [1.29, 1.82) is 0 Å². The van der Waals surface area contributed by atoms with Gasteiger partial charge in [0, 0.05) is 10.5 Å². The maximum absolute atomic E-state index is 12.7. The molecule has 1 atom stereocenters. The van der Waals surface area contributed by atoms with Crippen molar-refractivity contribution < 1.29 is 13.2 Å². The number of hydrogen-bond acceptors (Lipinski definition) is 1. The lowest BCUT2D eigenvalue weighted by atomic mass is 9.87. The van der Waals surface area contributed by atoms with Gasteiger partial charge in [-0.2, -0.15) is 13.2 Å². The van der Waals surface area contributed by atoms with Gasteiger partial charge < -0.3 is 5.73 Å². The lowest BCUT2D eigenvalue weighted by molar-refractivity contribution is -0.137. The highest BCUT2D eigenvalue weighted by molar-refractivity contribution is 9.10. The molecule has 0 saturated heterocycles. The average molecular weight is 338 g/mol.